The Morgan fingerprint density at radius 1 is 1.50 bits per heavy atom. The number of pyridine rings is 1. The highest BCUT2D eigenvalue weighted by atomic mass is 32.1. The fourth-order valence-electron chi connectivity index (χ4n) is 1.83. The lowest BCUT2D eigenvalue weighted by Crippen LogP contribution is -2.16. The van der Waals surface area contributed by atoms with E-state index < -0.39 is 5.91 Å². The SMILES string of the molecule is CN(Cc1ccncc1)c1sc(C(N)=O)c(N)c1C#N. The summed E-state index contributed by atoms with van der Waals surface area (Å²) in [4.78, 5) is 17.3. The Hall–Kier alpha value is -2.59. The van der Waals surface area contributed by atoms with Crippen LogP contribution in [-0.2, 0) is 6.54 Å². The molecule has 0 aliphatic carbocycles. The monoisotopic (exact) mass is 287 g/mol. The first-order valence-electron chi connectivity index (χ1n) is 5.76. The number of anilines is 2. The lowest BCUT2D eigenvalue weighted by Gasteiger charge is -2.17. The van der Waals surface area contributed by atoms with Gasteiger partial charge in [-0.15, -0.1) is 11.3 Å². The van der Waals surface area contributed by atoms with E-state index in [0.717, 1.165) is 16.9 Å². The average molecular weight is 287 g/mol. The van der Waals surface area contributed by atoms with Crippen LogP contribution in [0.5, 0.6) is 0 Å². The molecule has 0 spiro atoms. The Kier molecular flexibility index (Phi) is 3.86. The molecule has 0 bridgehead atoms. The highest BCUT2D eigenvalue weighted by Crippen LogP contribution is 2.37. The summed E-state index contributed by atoms with van der Waals surface area (Å²) >= 11 is 1.13. The van der Waals surface area contributed by atoms with Gasteiger partial charge in [0.2, 0.25) is 0 Å². The normalized spacial score (nSPS) is 10.0. The summed E-state index contributed by atoms with van der Waals surface area (Å²) in [6.07, 6.45) is 3.40. The number of nitrogen functional groups attached to an aromatic ring is 1. The Morgan fingerprint density at radius 3 is 2.70 bits per heavy atom. The summed E-state index contributed by atoms with van der Waals surface area (Å²) in [6.45, 7) is 0.579. The summed E-state index contributed by atoms with van der Waals surface area (Å²) in [7, 11) is 1.83. The van der Waals surface area contributed by atoms with Gasteiger partial charge in [0.15, 0.2) is 0 Å². The number of nitrogens with zero attached hydrogens (tertiary/aromatic N) is 3. The van der Waals surface area contributed by atoms with E-state index in [1.165, 1.54) is 0 Å². The molecule has 102 valence electrons. The van der Waals surface area contributed by atoms with Gasteiger partial charge in [-0.2, -0.15) is 5.26 Å². The Balaban J connectivity index is 2.35. The zero-order valence-electron chi connectivity index (χ0n) is 10.8. The summed E-state index contributed by atoms with van der Waals surface area (Å²) in [6, 6.07) is 5.80. The molecule has 0 saturated heterocycles. The molecule has 0 atom stereocenters. The number of nitrogens with two attached hydrogens (primary N) is 2. The summed E-state index contributed by atoms with van der Waals surface area (Å²) in [5.41, 5.74) is 12.5. The van der Waals surface area contributed by atoms with Crippen molar-refractivity contribution < 1.29 is 4.79 Å². The first kappa shape index (κ1) is 13.8. The van der Waals surface area contributed by atoms with Gasteiger partial charge >= 0.3 is 0 Å². The van der Waals surface area contributed by atoms with Crippen molar-refractivity contribution in [3.05, 3.63) is 40.5 Å². The molecule has 0 saturated carbocycles. The van der Waals surface area contributed by atoms with Crippen LogP contribution in [0.25, 0.3) is 0 Å². The minimum absolute atomic E-state index is 0.154. The molecule has 0 radical (unpaired) electrons. The largest absolute Gasteiger partial charge is 0.396 e. The minimum Gasteiger partial charge on any atom is -0.396 e. The highest BCUT2D eigenvalue weighted by molar-refractivity contribution is 7.19. The third-order valence-electron chi connectivity index (χ3n) is 2.78. The quantitative estimate of drug-likeness (QED) is 0.881. The number of rotatable bonds is 4. The first-order chi connectivity index (χ1) is 9.54. The molecule has 20 heavy (non-hydrogen) atoms. The highest BCUT2D eigenvalue weighted by Gasteiger charge is 2.21. The molecular formula is C13H13N5OS. The van der Waals surface area contributed by atoms with Gasteiger partial charge in [-0.3, -0.25) is 9.78 Å². The minimum atomic E-state index is -0.618. The lowest BCUT2D eigenvalue weighted by molar-refractivity contribution is 0.100. The van der Waals surface area contributed by atoms with E-state index in [4.69, 9.17) is 11.5 Å². The van der Waals surface area contributed by atoms with E-state index >= 15 is 0 Å². The molecule has 0 aliphatic rings. The molecular weight excluding hydrogens is 274 g/mol. The van der Waals surface area contributed by atoms with E-state index in [1.807, 2.05) is 30.1 Å². The number of amides is 1. The molecule has 7 heteroatoms. The van der Waals surface area contributed by atoms with E-state index in [0.29, 0.717) is 17.1 Å². The van der Waals surface area contributed by atoms with Gasteiger partial charge in [0, 0.05) is 26.0 Å². The summed E-state index contributed by atoms with van der Waals surface area (Å²) in [5, 5.41) is 9.83. The van der Waals surface area contributed by atoms with Crippen molar-refractivity contribution in [2.75, 3.05) is 17.7 Å². The summed E-state index contributed by atoms with van der Waals surface area (Å²) < 4.78 is 0. The van der Waals surface area contributed by atoms with Crippen LogP contribution in [-0.4, -0.2) is 17.9 Å². The maximum absolute atomic E-state index is 11.3. The van der Waals surface area contributed by atoms with Gasteiger partial charge in [-0.25, -0.2) is 0 Å². The number of carbonyl (C=O) groups is 1. The van der Waals surface area contributed by atoms with Gasteiger partial charge in [0.25, 0.3) is 5.91 Å². The molecule has 2 rings (SSSR count). The number of hydrogen-bond acceptors (Lipinski definition) is 6. The molecule has 1 amide bonds. The number of aromatic nitrogens is 1. The van der Waals surface area contributed by atoms with Crippen LogP contribution in [0.4, 0.5) is 10.7 Å². The summed E-state index contributed by atoms with van der Waals surface area (Å²) in [5.74, 6) is -0.618. The molecule has 0 aliphatic heterocycles. The van der Waals surface area contributed by atoms with Crippen molar-refractivity contribution in [1.29, 1.82) is 5.26 Å². The van der Waals surface area contributed by atoms with Crippen LogP contribution in [0.3, 0.4) is 0 Å². The van der Waals surface area contributed by atoms with Crippen molar-refractivity contribution in [3.8, 4) is 6.07 Å². The zero-order chi connectivity index (χ0) is 14.7. The van der Waals surface area contributed by atoms with Crippen molar-refractivity contribution in [3.63, 3.8) is 0 Å². The molecule has 0 unspecified atom stereocenters. The molecule has 2 heterocycles. The fraction of sp³-hybridized carbons (Fsp3) is 0.154. The van der Waals surface area contributed by atoms with Gasteiger partial charge in [-0.05, 0) is 17.7 Å². The van der Waals surface area contributed by atoms with Crippen molar-refractivity contribution in [2.24, 2.45) is 5.73 Å². The van der Waals surface area contributed by atoms with Crippen molar-refractivity contribution >= 4 is 27.9 Å². The van der Waals surface area contributed by atoms with Gasteiger partial charge in [0.1, 0.15) is 21.5 Å². The Labute approximate surface area is 120 Å². The van der Waals surface area contributed by atoms with Gasteiger partial charge in [0.05, 0.1) is 5.69 Å². The van der Waals surface area contributed by atoms with Crippen LogP contribution >= 0.6 is 11.3 Å². The van der Waals surface area contributed by atoms with Crippen LogP contribution in [0.15, 0.2) is 24.5 Å². The smallest absolute Gasteiger partial charge is 0.261 e. The molecule has 2 aromatic heterocycles. The topological polar surface area (TPSA) is 109 Å². The molecule has 0 aromatic carbocycles. The number of thiophene rings is 1. The third-order valence-corrected chi connectivity index (χ3v) is 4.11. The van der Waals surface area contributed by atoms with Gasteiger partial charge < -0.3 is 16.4 Å². The molecule has 0 fully saturated rings. The Morgan fingerprint density at radius 2 is 2.15 bits per heavy atom. The third kappa shape index (κ3) is 2.55. The molecule has 4 N–H and O–H groups in total. The predicted octanol–water partition coefficient (Wildman–Crippen LogP) is 1.33. The van der Waals surface area contributed by atoms with Crippen LogP contribution < -0.4 is 16.4 Å². The lowest BCUT2D eigenvalue weighted by atomic mass is 10.2. The zero-order valence-corrected chi connectivity index (χ0v) is 11.6. The molecule has 2 aromatic rings. The Bertz CT molecular complexity index is 674. The van der Waals surface area contributed by atoms with E-state index in [9.17, 15) is 10.1 Å². The second kappa shape index (κ2) is 5.59. The van der Waals surface area contributed by atoms with Crippen LogP contribution in [0.2, 0.25) is 0 Å². The van der Waals surface area contributed by atoms with Crippen molar-refractivity contribution in [1.82, 2.24) is 4.98 Å². The maximum Gasteiger partial charge on any atom is 0.261 e. The second-order valence-corrected chi connectivity index (χ2v) is 5.21. The first-order valence-corrected chi connectivity index (χ1v) is 6.58. The molecule has 6 nitrogen and oxygen atoms in total. The number of carbonyl (C=O) groups excluding carboxylic acids is 1. The van der Waals surface area contributed by atoms with Crippen LogP contribution in [0, 0.1) is 11.3 Å². The maximum atomic E-state index is 11.3. The van der Waals surface area contributed by atoms with E-state index in [2.05, 4.69) is 4.98 Å². The number of hydrogen-bond donors (Lipinski definition) is 2. The van der Waals surface area contributed by atoms with E-state index in [1.54, 1.807) is 12.4 Å². The fourth-order valence-corrected chi connectivity index (χ4v) is 2.81. The van der Waals surface area contributed by atoms with Crippen LogP contribution in [0.1, 0.15) is 20.8 Å². The average Bonchev–Trinajstić information content (AvgIpc) is 2.77. The number of primary amides is 1. The van der Waals surface area contributed by atoms with Gasteiger partial charge in [-0.1, -0.05) is 0 Å². The standard InChI is InChI=1S/C13H13N5OS/c1-18(7-8-2-4-17-5-3-8)13-9(6-14)10(15)11(20-13)12(16)19/h2-5H,7,15H2,1H3,(H2,16,19). The van der Waals surface area contributed by atoms with Crippen molar-refractivity contribution in [2.45, 2.75) is 6.54 Å². The van der Waals surface area contributed by atoms with E-state index in [-0.39, 0.29) is 10.6 Å². The predicted molar refractivity (Wildman–Crippen MR) is 78.3 cm³/mol. The second-order valence-electron chi connectivity index (χ2n) is 4.21. The number of nitriles is 1.